The van der Waals surface area contributed by atoms with Crippen LogP contribution in [0.2, 0.25) is 0 Å². The third kappa shape index (κ3) is 3.23. The van der Waals surface area contributed by atoms with Crippen molar-refractivity contribution < 1.29 is 24.0 Å². The Hall–Kier alpha value is -3.93. The van der Waals surface area contributed by atoms with Crippen LogP contribution in [0.15, 0.2) is 78.9 Å². The monoisotopic (exact) mass is 373 g/mol. The number of para-hydroxylation sites is 1. The molecule has 0 saturated carbocycles. The van der Waals surface area contributed by atoms with E-state index in [2.05, 4.69) is 0 Å². The number of amides is 2. The highest BCUT2D eigenvalue weighted by Gasteiger charge is 2.38. The summed E-state index contributed by atoms with van der Waals surface area (Å²) in [5, 5.41) is 0.472. The number of carbonyl (C=O) groups is 3. The molecule has 0 bridgehead atoms. The molecule has 2 amide bonds. The van der Waals surface area contributed by atoms with Gasteiger partial charge in [-0.05, 0) is 23.8 Å². The van der Waals surface area contributed by atoms with Crippen molar-refractivity contribution in [3.8, 4) is 16.9 Å². The molecule has 28 heavy (non-hydrogen) atoms. The van der Waals surface area contributed by atoms with Crippen LogP contribution in [0, 0.1) is 0 Å². The molecule has 6 heteroatoms. The summed E-state index contributed by atoms with van der Waals surface area (Å²) in [6, 6.07) is 23.1. The number of hydrogen-bond acceptors (Lipinski definition) is 5. The van der Waals surface area contributed by atoms with Crippen LogP contribution in [0.5, 0.6) is 5.75 Å². The summed E-state index contributed by atoms with van der Waals surface area (Å²) in [5.74, 6) is -1.69. The predicted octanol–water partition coefficient (Wildman–Crippen LogP) is 3.49. The maximum absolute atomic E-state index is 12.2. The minimum Gasteiger partial charge on any atom is -0.481 e. The van der Waals surface area contributed by atoms with Crippen LogP contribution in [-0.4, -0.2) is 29.5 Å². The molecular weight excluding hydrogens is 358 g/mol. The van der Waals surface area contributed by atoms with Gasteiger partial charge in [-0.25, -0.2) is 4.79 Å². The maximum atomic E-state index is 12.2. The molecule has 3 aromatic carbocycles. The Morgan fingerprint density at radius 3 is 1.89 bits per heavy atom. The molecule has 0 saturated heterocycles. The van der Waals surface area contributed by atoms with Gasteiger partial charge in [0.25, 0.3) is 11.8 Å². The highest BCUT2D eigenvalue weighted by atomic mass is 16.7. The quantitative estimate of drug-likeness (QED) is 0.640. The highest BCUT2D eigenvalue weighted by Crippen LogP contribution is 2.29. The molecule has 1 heterocycles. The largest absolute Gasteiger partial charge is 0.481 e. The van der Waals surface area contributed by atoms with Crippen molar-refractivity contribution in [3.05, 3.63) is 90.0 Å². The zero-order valence-electron chi connectivity index (χ0n) is 14.7. The third-order valence-electron chi connectivity index (χ3n) is 4.27. The van der Waals surface area contributed by atoms with Gasteiger partial charge in [0.15, 0.2) is 6.61 Å². The van der Waals surface area contributed by atoms with E-state index in [0.29, 0.717) is 10.8 Å². The van der Waals surface area contributed by atoms with Crippen LogP contribution in [-0.2, 0) is 9.63 Å². The zero-order chi connectivity index (χ0) is 19.5. The number of rotatable bonds is 5. The summed E-state index contributed by atoms with van der Waals surface area (Å²) in [5.41, 5.74) is 2.16. The number of hydrogen-bond donors (Lipinski definition) is 0. The number of imide groups is 1. The van der Waals surface area contributed by atoms with Crippen molar-refractivity contribution in [2.75, 3.05) is 6.61 Å². The van der Waals surface area contributed by atoms with Crippen LogP contribution in [0.3, 0.4) is 0 Å². The fourth-order valence-corrected chi connectivity index (χ4v) is 2.96. The van der Waals surface area contributed by atoms with E-state index < -0.39 is 24.4 Å². The molecule has 0 fully saturated rings. The van der Waals surface area contributed by atoms with Gasteiger partial charge in [-0.15, -0.1) is 0 Å². The van der Waals surface area contributed by atoms with Gasteiger partial charge in [0.05, 0.1) is 11.1 Å². The predicted molar refractivity (Wildman–Crippen MR) is 100 cm³/mol. The molecule has 6 nitrogen and oxygen atoms in total. The second-order valence-electron chi connectivity index (χ2n) is 6.06. The standard InChI is InChI=1S/C22H15NO5/c24-20(28-23-21(25)17-11-4-5-12-18(17)22(23)26)14-27-19-13-7-6-10-16(19)15-8-2-1-3-9-15/h1-13H,14H2. The third-order valence-corrected chi connectivity index (χ3v) is 4.27. The molecule has 1 aliphatic heterocycles. The van der Waals surface area contributed by atoms with E-state index in [0.717, 1.165) is 11.1 Å². The summed E-state index contributed by atoms with van der Waals surface area (Å²) in [4.78, 5) is 41.6. The van der Waals surface area contributed by atoms with E-state index in [-0.39, 0.29) is 11.1 Å². The van der Waals surface area contributed by atoms with E-state index in [4.69, 9.17) is 9.57 Å². The average molecular weight is 373 g/mol. The second kappa shape index (κ2) is 7.36. The van der Waals surface area contributed by atoms with Crippen molar-refractivity contribution in [3.63, 3.8) is 0 Å². The molecule has 138 valence electrons. The molecule has 0 N–H and O–H groups in total. The van der Waals surface area contributed by atoms with Crippen LogP contribution in [0.4, 0.5) is 0 Å². The summed E-state index contributed by atoms with van der Waals surface area (Å²) >= 11 is 0. The molecule has 0 spiro atoms. The second-order valence-corrected chi connectivity index (χ2v) is 6.06. The molecule has 0 radical (unpaired) electrons. The Bertz CT molecular complexity index is 1030. The van der Waals surface area contributed by atoms with E-state index in [1.165, 1.54) is 12.1 Å². The van der Waals surface area contributed by atoms with Gasteiger partial charge in [0.1, 0.15) is 5.75 Å². The SMILES string of the molecule is O=C(COc1ccccc1-c1ccccc1)ON1C(=O)c2ccccc2C1=O. The lowest BCUT2D eigenvalue weighted by molar-refractivity contribution is -0.170. The molecule has 0 aromatic heterocycles. The number of ether oxygens (including phenoxy) is 1. The Kier molecular flexibility index (Phi) is 4.60. The smallest absolute Gasteiger partial charge is 0.370 e. The van der Waals surface area contributed by atoms with Gasteiger partial charge in [-0.2, -0.15) is 0 Å². The van der Waals surface area contributed by atoms with Crippen LogP contribution in [0.25, 0.3) is 11.1 Å². The molecule has 4 rings (SSSR count). The number of fused-ring (bicyclic) bond motifs is 1. The van der Waals surface area contributed by atoms with Gasteiger partial charge < -0.3 is 9.57 Å². The zero-order valence-corrected chi connectivity index (χ0v) is 14.7. The van der Waals surface area contributed by atoms with Gasteiger partial charge in [-0.1, -0.05) is 65.7 Å². The average Bonchev–Trinajstić information content (AvgIpc) is 2.98. The van der Waals surface area contributed by atoms with E-state index in [1.54, 1.807) is 24.3 Å². The lowest BCUT2D eigenvalue weighted by Crippen LogP contribution is -2.34. The van der Waals surface area contributed by atoms with Crippen LogP contribution >= 0.6 is 0 Å². The first kappa shape index (κ1) is 17.5. The summed E-state index contributed by atoms with van der Waals surface area (Å²) < 4.78 is 5.59. The fraction of sp³-hybridized carbons (Fsp3) is 0.0455. The minimum absolute atomic E-state index is 0.204. The minimum atomic E-state index is -0.850. The van der Waals surface area contributed by atoms with Crippen molar-refractivity contribution in [1.82, 2.24) is 5.06 Å². The fourth-order valence-electron chi connectivity index (χ4n) is 2.96. The number of benzene rings is 3. The van der Waals surface area contributed by atoms with Crippen LogP contribution < -0.4 is 4.74 Å². The number of hydroxylamine groups is 2. The molecule has 0 atom stereocenters. The maximum Gasteiger partial charge on any atom is 0.370 e. The number of carbonyl (C=O) groups excluding carboxylic acids is 3. The molecule has 0 unspecified atom stereocenters. The summed E-state index contributed by atoms with van der Waals surface area (Å²) in [7, 11) is 0. The summed E-state index contributed by atoms with van der Waals surface area (Å²) in [6.45, 7) is -0.447. The number of nitrogens with zero attached hydrogens (tertiary/aromatic N) is 1. The Labute approximate surface area is 160 Å². The first-order valence-electron chi connectivity index (χ1n) is 8.61. The first-order valence-corrected chi connectivity index (χ1v) is 8.61. The van der Waals surface area contributed by atoms with Gasteiger partial charge in [0, 0.05) is 5.56 Å². The van der Waals surface area contributed by atoms with Crippen molar-refractivity contribution in [2.24, 2.45) is 0 Å². The van der Waals surface area contributed by atoms with E-state index in [9.17, 15) is 14.4 Å². The lowest BCUT2D eigenvalue weighted by Gasteiger charge is -2.14. The Morgan fingerprint density at radius 2 is 1.25 bits per heavy atom. The van der Waals surface area contributed by atoms with E-state index in [1.807, 2.05) is 42.5 Å². The lowest BCUT2D eigenvalue weighted by atomic mass is 10.1. The first-order chi connectivity index (χ1) is 13.6. The van der Waals surface area contributed by atoms with Crippen molar-refractivity contribution in [2.45, 2.75) is 0 Å². The van der Waals surface area contributed by atoms with Crippen LogP contribution in [0.1, 0.15) is 20.7 Å². The van der Waals surface area contributed by atoms with Gasteiger partial charge in [-0.3, -0.25) is 9.59 Å². The topological polar surface area (TPSA) is 72.9 Å². The normalized spacial score (nSPS) is 12.6. The Morgan fingerprint density at radius 1 is 0.714 bits per heavy atom. The van der Waals surface area contributed by atoms with Crippen molar-refractivity contribution in [1.29, 1.82) is 0 Å². The van der Waals surface area contributed by atoms with Gasteiger partial charge >= 0.3 is 5.97 Å². The molecule has 1 aliphatic rings. The molecular formula is C22H15NO5. The van der Waals surface area contributed by atoms with Gasteiger partial charge in [0.2, 0.25) is 0 Å². The Balaban J connectivity index is 1.44. The molecule has 0 aliphatic carbocycles. The van der Waals surface area contributed by atoms with Crippen molar-refractivity contribution >= 4 is 17.8 Å². The van der Waals surface area contributed by atoms with E-state index >= 15 is 0 Å². The molecule has 3 aromatic rings. The highest BCUT2D eigenvalue weighted by molar-refractivity contribution is 6.20. The summed E-state index contributed by atoms with van der Waals surface area (Å²) in [6.07, 6.45) is 0.